The molecule has 0 fully saturated rings. The van der Waals surface area contributed by atoms with E-state index in [1.165, 1.54) is 10.9 Å². The van der Waals surface area contributed by atoms with Crippen molar-refractivity contribution in [2.24, 2.45) is 0 Å². The fraction of sp³-hybridized carbons (Fsp3) is 0.438. The molecule has 0 bridgehead atoms. The summed E-state index contributed by atoms with van der Waals surface area (Å²) in [6, 6.07) is 10.6. The lowest BCUT2D eigenvalue weighted by Crippen LogP contribution is -2.15. The van der Waals surface area contributed by atoms with Gasteiger partial charge in [0.25, 0.3) is 0 Å². The molecule has 108 valence electrons. The van der Waals surface area contributed by atoms with Crippen molar-refractivity contribution in [3.63, 3.8) is 0 Å². The minimum Gasteiger partial charge on any atom is -0.370 e. The fourth-order valence-electron chi connectivity index (χ4n) is 2.02. The Morgan fingerprint density at radius 1 is 1.25 bits per heavy atom. The number of thioether (sulfide) groups is 1. The predicted octanol–water partition coefficient (Wildman–Crippen LogP) is 3.46. The van der Waals surface area contributed by atoms with E-state index in [9.17, 15) is 0 Å². The summed E-state index contributed by atoms with van der Waals surface area (Å²) in [6.07, 6.45) is 0. The summed E-state index contributed by atoms with van der Waals surface area (Å²) in [4.78, 5) is 6.96. The standard InChI is InChI=1S/C16H23N3S/c1-4-17-16-14(12-20-10-9-19(2)3)11-13-7-5-6-8-15(13)18-16/h5-8,11H,4,9-10,12H2,1-3H3,(H,17,18). The molecule has 2 rings (SSSR count). The van der Waals surface area contributed by atoms with Crippen LogP contribution in [0.15, 0.2) is 30.3 Å². The molecule has 0 unspecified atom stereocenters. The van der Waals surface area contributed by atoms with E-state index in [0.717, 1.165) is 35.9 Å². The highest BCUT2D eigenvalue weighted by Gasteiger charge is 2.06. The van der Waals surface area contributed by atoms with Gasteiger partial charge in [0.15, 0.2) is 0 Å². The lowest BCUT2D eigenvalue weighted by atomic mass is 10.1. The molecule has 1 heterocycles. The van der Waals surface area contributed by atoms with Crippen LogP contribution in [-0.4, -0.2) is 42.8 Å². The summed E-state index contributed by atoms with van der Waals surface area (Å²) in [5, 5.41) is 4.60. The zero-order valence-corrected chi connectivity index (χ0v) is 13.3. The number of benzene rings is 1. The van der Waals surface area contributed by atoms with Crippen LogP contribution in [0.2, 0.25) is 0 Å². The van der Waals surface area contributed by atoms with Gasteiger partial charge in [-0.05, 0) is 33.2 Å². The maximum Gasteiger partial charge on any atom is 0.130 e. The van der Waals surface area contributed by atoms with Crippen molar-refractivity contribution in [3.8, 4) is 0 Å². The molecule has 0 saturated carbocycles. The number of fused-ring (bicyclic) bond motifs is 1. The summed E-state index contributed by atoms with van der Waals surface area (Å²) in [5.41, 5.74) is 2.36. The average Bonchev–Trinajstić information content (AvgIpc) is 2.44. The van der Waals surface area contributed by atoms with Crippen molar-refractivity contribution >= 4 is 28.5 Å². The van der Waals surface area contributed by atoms with Crippen LogP contribution in [0.3, 0.4) is 0 Å². The normalized spacial score (nSPS) is 11.2. The summed E-state index contributed by atoms with van der Waals surface area (Å²) in [5.74, 6) is 3.18. The van der Waals surface area contributed by atoms with Gasteiger partial charge in [-0.2, -0.15) is 11.8 Å². The van der Waals surface area contributed by atoms with Gasteiger partial charge in [-0.15, -0.1) is 0 Å². The molecule has 4 heteroatoms. The van der Waals surface area contributed by atoms with Crippen molar-refractivity contribution in [2.75, 3.05) is 38.3 Å². The van der Waals surface area contributed by atoms with Crippen molar-refractivity contribution in [1.82, 2.24) is 9.88 Å². The molecule has 0 aliphatic rings. The maximum absolute atomic E-state index is 4.74. The number of pyridine rings is 1. The van der Waals surface area contributed by atoms with Gasteiger partial charge in [0, 0.05) is 35.5 Å². The van der Waals surface area contributed by atoms with Crippen LogP contribution in [0, 0.1) is 0 Å². The van der Waals surface area contributed by atoms with E-state index in [4.69, 9.17) is 4.98 Å². The first-order chi connectivity index (χ1) is 9.70. The van der Waals surface area contributed by atoms with Gasteiger partial charge in [0.1, 0.15) is 5.82 Å². The Labute approximate surface area is 125 Å². The van der Waals surface area contributed by atoms with E-state index < -0.39 is 0 Å². The number of hydrogen-bond donors (Lipinski definition) is 1. The summed E-state index contributed by atoms with van der Waals surface area (Å²) >= 11 is 1.96. The summed E-state index contributed by atoms with van der Waals surface area (Å²) < 4.78 is 0. The van der Waals surface area contributed by atoms with Crippen LogP contribution in [0.25, 0.3) is 10.9 Å². The van der Waals surface area contributed by atoms with Crippen LogP contribution >= 0.6 is 11.8 Å². The quantitative estimate of drug-likeness (QED) is 0.790. The third kappa shape index (κ3) is 4.12. The highest BCUT2D eigenvalue weighted by molar-refractivity contribution is 7.98. The first kappa shape index (κ1) is 15.1. The molecule has 1 N–H and O–H groups in total. The second kappa shape index (κ2) is 7.50. The largest absolute Gasteiger partial charge is 0.370 e. The molecule has 20 heavy (non-hydrogen) atoms. The first-order valence-electron chi connectivity index (χ1n) is 7.05. The van der Waals surface area contributed by atoms with Gasteiger partial charge in [-0.1, -0.05) is 18.2 Å². The number of hydrogen-bond acceptors (Lipinski definition) is 4. The van der Waals surface area contributed by atoms with Gasteiger partial charge in [0.05, 0.1) is 5.52 Å². The number of aromatic nitrogens is 1. The lowest BCUT2D eigenvalue weighted by molar-refractivity contribution is 0.437. The zero-order valence-electron chi connectivity index (χ0n) is 12.5. The molecule has 1 aromatic heterocycles. The molecule has 3 nitrogen and oxygen atoms in total. The van der Waals surface area contributed by atoms with Crippen molar-refractivity contribution in [2.45, 2.75) is 12.7 Å². The van der Waals surface area contributed by atoms with E-state index in [2.05, 4.69) is 55.5 Å². The minimum absolute atomic E-state index is 0.903. The van der Waals surface area contributed by atoms with Gasteiger partial charge in [0.2, 0.25) is 0 Å². The Morgan fingerprint density at radius 2 is 2.05 bits per heavy atom. The van der Waals surface area contributed by atoms with Gasteiger partial charge >= 0.3 is 0 Å². The lowest BCUT2D eigenvalue weighted by Gasteiger charge is -2.12. The van der Waals surface area contributed by atoms with Crippen LogP contribution in [-0.2, 0) is 5.75 Å². The van der Waals surface area contributed by atoms with E-state index in [0.29, 0.717) is 0 Å². The second-order valence-corrected chi connectivity index (χ2v) is 6.18. The topological polar surface area (TPSA) is 28.2 Å². The highest BCUT2D eigenvalue weighted by Crippen LogP contribution is 2.24. The summed E-state index contributed by atoms with van der Waals surface area (Å²) in [6.45, 7) is 4.13. The molecule has 0 saturated heterocycles. The Hall–Kier alpha value is -1.26. The second-order valence-electron chi connectivity index (χ2n) is 5.07. The Morgan fingerprint density at radius 3 is 2.80 bits per heavy atom. The smallest absolute Gasteiger partial charge is 0.130 e. The fourth-order valence-corrected chi connectivity index (χ4v) is 3.10. The molecule has 2 aromatic rings. The van der Waals surface area contributed by atoms with Gasteiger partial charge in [-0.3, -0.25) is 0 Å². The number of anilines is 1. The highest BCUT2D eigenvalue weighted by atomic mass is 32.2. The first-order valence-corrected chi connectivity index (χ1v) is 8.21. The molecule has 0 atom stereocenters. The number of rotatable bonds is 7. The van der Waals surface area contributed by atoms with Gasteiger partial charge < -0.3 is 10.2 Å². The van der Waals surface area contributed by atoms with Crippen molar-refractivity contribution < 1.29 is 0 Å². The Balaban J connectivity index is 2.14. The van der Waals surface area contributed by atoms with Crippen LogP contribution in [0.4, 0.5) is 5.82 Å². The molecule has 0 aliphatic carbocycles. The Kier molecular flexibility index (Phi) is 5.68. The monoisotopic (exact) mass is 289 g/mol. The number of nitrogens with one attached hydrogen (secondary N) is 1. The Bertz CT molecular complexity index is 554. The molecule has 0 aliphatic heterocycles. The van der Waals surface area contributed by atoms with Crippen LogP contribution in [0.1, 0.15) is 12.5 Å². The van der Waals surface area contributed by atoms with E-state index in [1.807, 2.05) is 17.8 Å². The van der Waals surface area contributed by atoms with E-state index in [1.54, 1.807) is 0 Å². The molecule has 1 aromatic carbocycles. The third-order valence-electron chi connectivity index (χ3n) is 3.09. The maximum atomic E-state index is 4.74. The average molecular weight is 289 g/mol. The molecule has 0 spiro atoms. The molecule has 0 amide bonds. The number of nitrogens with zero attached hydrogens (tertiary/aromatic N) is 2. The number of para-hydroxylation sites is 1. The molecular formula is C16H23N3S. The van der Waals surface area contributed by atoms with Crippen molar-refractivity contribution in [1.29, 1.82) is 0 Å². The zero-order chi connectivity index (χ0) is 14.4. The minimum atomic E-state index is 0.903. The van der Waals surface area contributed by atoms with Crippen LogP contribution in [0.5, 0.6) is 0 Å². The molecular weight excluding hydrogens is 266 g/mol. The van der Waals surface area contributed by atoms with E-state index >= 15 is 0 Å². The SMILES string of the molecule is CCNc1nc2ccccc2cc1CSCCN(C)C. The van der Waals surface area contributed by atoms with Gasteiger partial charge in [-0.25, -0.2) is 4.98 Å². The predicted molar refractivity (Wildman–Crippen MR) is 90.6 cm³/mol. The van der Waals surface area contributed by atoms with Crippen molar-refractivity contribution in [3.05, 3.63) is 35.9 Å². The molecule has 0 radical (unpaired) electrons. The van der Waals surface area contributed by atoms with E-state index in [-0.39, 0.29) is 0 Å². The summed E-state index contributed by atoms with van der Waals surface area (Å²) in [7, 11) is 4.23. The van der Waals surface area contributed by atoms with Crippen LogP contribution < -0.4 is 5.32 Å². The third-order valence-corrected chi connectivity index (χ3v) is 4.07.